The van der Waals surface area contributed by atoms with Gasteiger partial charge in [-0.15, -0.1) is 0 Å². The molecule has 29 heavy (non-hydrogen) atoms. The van der Waals surface area contributed by atoms with Crippen molar-refractivity contribution in [1.82, 2.24) is 0 Å². The van der Waals surface area contributed by atoms with E-state index in [0.717, 1.165) is 28.3 Å². The summed E-state index contributed by atoms with van der Waals surface area (Å²) in [5, 5.41) is 12.8. The Kier molecular flexibility index (Phi) is 7.27. The molecule has 152 valence electrons. The predicted molar refractivity (Wildman–Crippen MR) is 122 cm³/mol. The number of hydrogen-bond donors (Lipinski definition) is 1. The van der Waals surface area contributed by atoms with E-state index in [1.54, 1.807) is 25.1 Å². The number of hydrogen-bond acceptors (Lipinski definition) is 5. The summed E-state index contributed by atoms with van der Waals surface area (Å²) in [7, 11) is 9.59. The molecule has 0 saturated heterocycles. The first-order chi connectivity index (χ1) is 13.7. The first kappa shape index (κ1) is 21.8. The van der Waals surface area contributed by atoms with Crippen LogP contribution in [0, 0.1) is 11.3 Å². The summed E-state index contributed by atoms with van der Waals surface area (Å²) < 4.78 is 0. The number of nitriles is 1. The van der Waals surface area contributed by atoms with E-state index in [0.29, 0.717) is 12.0 Å². The molecule has 1 amide bonds. The van der Waals surface area contributed by atoms with Crippen molar-refractivity contribution in [3.05, 3.63) is 59.8 Å². The average Bonchev–Trinajstić information content (AvgIpc) is 2.70. The van der Waals surface area contributed by atoms with Crippen LogP contribution in [0.2, 0.25) is 0 Å². The van der Waals surface area contributed by atoms with E-state index in [-0.39, 0.29) is 5.91 Å². The second-order valence-corrected chi connectivity index (χ2v) is 7.32. The van der Waals surface area contributed by atoms with Crippen LogP contribution in [0.3, 0.4) is 0 Å². The normalized spacial score (nSPS) is 10.9. The van der Waals surface area contributed by atoms with E-state index in [4.69, 9.17) is 0 Å². The van der Waals surface area contributed by atoms with E-state index < -0.39 is 0 Å². The zero-order valence-electron chi connectivity index (χ0n) is 18.0. The van der Waals surface area contributed by atoms with E-state index >= 15 is 0 Å². The maximum atomic E-state index is 12.1. The van der Waals surface area contributed by atoms with Crippen LogP contribution in [0.5, 0.6) is 0 Å². The molecular weight excluding hydrogens is 362 g/mol. The second-order valence-electron chi connectivity index (χ2n) is 7.32. The molecule has 6 nitrogen and oxygen atoms in total. The monoisotopic (exact) mass is 391 g/mol. The summed E-state index contributed by atoms with van der Waals surface area (Å²) in [4.78, 5) is 17.7. The molecule has 0 aliphatic carbocycles. The fourth-order valence-electron chi connectivity index (χ4n) is 2.99. The van der Waals surface area contributed by atoms with Crippen molar-refractivity contribution in [1.29, 1.82) is 5.26 Å². The van der Waals surface area contributed by atoms with Crippen molar-refractivity contribution in [3.63, 3.8) is 0 Å². The average molecular weight is 392 g/mol. The van der Waals surface area contributed by atoms with Gasteiger partial charge in [0.1, 0.15) is 0 Å². The Hall–Kier alpha value is -3.46. The lowest BCUT2D eigenvalue weighted by Crippen LogP contribution is -2.28. The lowest BCUT2D eigenvalue weighted by atomic mass is 10.0. The molecule has 0 heterocycles. The molecule has 0 radical (unpaired) electrons. The molecule has 2 aromatic rings. The third-order valence-electron chi connectivity index (χ3n) is 4.63. The Balaban J connectivity index is 2.44. The van der Waals surface area contributed by atoms with Gasteiger partial charge in [-0.3, -0.25) is 4.79 Å². The molecule has 0 aromatic heterocycles. The third-order valence-corrected chi connectivity index (χ3v) is 4.63. The smallest absolute Gasteiger partial charge is 0.223 e. The molecule has 0 aliphatic rings. The number of allylic oxidation sites excluding steroid dienone is 1. The van der Waals surface area contributed by atoms with Crippen LogP contribution in [0.15, 0.2) is 54.2 Å². The molecule has 0 saturated carbocycles. The van der Waals surface area contributed by atoms with E-state index in [2.05, 4.69) is 11.4 Å². The van der Waals surface area contributed by atoms with Gasteiger partial charge in [-0.25, -0.2) is 0 Å². The van der Waals surface area contributed by atoms with Gasteiger partial charge in [0.15, 0.2) is 0 Å². The number of carbonyl (C=O) groups is 1. The van der Waals surface area contributed by atoms with Crippen LogP contribution in [-0.2, 0) is 11.2 Å². The number of anilines is 4. The molecule has 6 heteroatoms. The largest absolute Gasteiger partial charge is 0.376 e. The van der Waals surface area contributed by atoms with Gasteiger partial charge in [-0.2, -0.15) is 5.26 Å². The number of rotatable bonds is 7. The van der Waals surface area contributed by atoms with E-state index in [1.807, 2.05) is 80.5 Å². The first-order valence-electron chi connectivity index (χ1n) is 9.41. The van der Waals surface area contributed by atoms with Gasteiger partial charge in [0.25, 0.3) is 0 Å². The van der Waals surface area contributed by atoms with Crippen LogP contribution in [0.4, 0.5) is 22.7 Å². The molecule has 0 unspecified atom stereocenters. The summed E-state index contributed by atoms with van der Waals surface area (Å²) >= 11 is 0. The van der Waals surface area contributed by atoms with Crippen molar-refractivity contribution in [3.8, 4) is 6.07 Å². The number of para-hydroxylation sites is 1. The maximum absolute atomic E-state index is 12.1. The highest BCUT2D eigenvalue weighted by atomic mass is 16.2. The maximum Gasteiger partial charge on any atom is 0.223 e. The Morgan fingerprint density at radius 3 is 2.03 bits per heavy atom. The van der Waals surface area contributed by atoms with Gasteiger partial charge >= 0.3 is 0 Å². The Bertz CT molecular complexity index is 897. The van der Waals surface area contributed by atoms with Crippen molar-refractivity contribution in [2.45, 2.75) is 13.3 Å². The molecule has 0 spiro atoms. The summed E-state index contributed by atoms with van der Waals surface area (Å²) in [6, 6.07) is 16.1. The van der Waals surface area contributed by atoms with Gasteiger partial charge in [-0.05, 0) is 29.8 Å². The first-order valence-corrected chi connectivity index (χ1v) is 9.41. The van der Waals surface area contributed by atoms with Crippen LogP contribution in [0.1, 0.15) is 12.5 Å². The highest BCUT2D eigenvalue weighted by molar-refractivity contribution is 6.00. The molecule has 0 aliphatic heterocycles. The molecule has 2 rings (SSSR count). The number of amides is 1. The molecule has 2 aromatic carbocycles. The minimum atomic E-state index is -0.0337. The lowest BCUT2D eigenvalue weighted by Gasteiger charge is -2.30. The van der Waals surface area contributed by atoms with Crippen molar-refractivity contribution in [2.75, 3.05) is 55.3 Å². The number of carbonyl (C=O) groups excluding carboxylic acids is 1. The zero-order valence-corrected chi connectivity index (χ0v) is 18.0. The molecular formula is C23H29N5O. The van der Waals surface area contributed by atoms with Crippen molar-refractivity contribution < 1.29 is 4.79 Å². The van der Waals surface area contributed by atoms with Gasteiger partial charge in [0.2, 0.25) is 5.91 Å². The standard InChI is InChI=1S/C23H29N5O/c1-17(29)28(6)23-21(26(2)3)13-18(14-22(23)27(4)5)12-19(15-24)16-25-20-10-8-7-9-11-20/h7-11,13-14,16,25H,12H2,1-6H3/b19-16-. The topological polar surface area (TPSA) is 62.6 Å². The minimum Gasteiger partial charge on any atom is -0.376 e. The minimum absolute atomic E-state index is 0.0337. The Morgan fingerprint density at radius 1 is 1.03 bits per heavy atom. The Labute approximate surface area is 173 Å². The molecule has 0 atom stereocenters. The fraction of sp³-hybridized carbons (Fsp3) is 0.304. The SMILES string of the molecule is CC(=O)N(C)c1c(N(C)C)cc(C/C(C#N)=C/Nc2ccccc2)cc1N(C)C. The summed E-state index contributed by atoms with van der Waals surface area (Å²) in [6.45, 7) is 1.55. The van der Waals surface area contributed by atoms with Crippen LogP contribution in [0.25, 0.3) is 0 Å². The molecule has 0 bridgehead atoms. The summed E-state index contributed by atoms with van der Waals surface area (Å²) in [6.07, 6.45) is 2.23. The van der Waals surface area contributed by atoms with Crippen LogP contribution >= 0.6 is 0 Å². The van der Waals surface area contributed by atoms with E-state index in [1.165, 1.54) is 0 Å². The van der Waals surface area contributed by atoms with Crippen molar-refractivity contribution >= 4 is 28.7 Å². The second kappa shape index (κ2) is 9.65. The van der Waals surface area contributed by atoms with Gasteiger partial charge in [0, 0.05) is 66.0 Å². The summed E-state index contributed by atoms with van der Waals surface area (Å²) in [5.41, 5.74) is 5.26. The third kappa shape index (κ3) is 5.52. The Morgan fingerprint density at radius 2 is 1.59 bits per heavy atom. The number of nitrogens with one attached hydrogen (secondary N) is 1. The highest BCUT2D eigenvalue weighted by Crippen LogP contribution is 2.39. The summed E-state index contributed by atoms with van der Waals surface area (Å²) in [5.74, 6) is -0.0337. The number of nitrogens with zero attached hydrogens (tertiary/aromatic N) is 4. The van der Waals surface area contributed by atoms with Crippen LogP contribution < -0.4 is 20.0 Å². The number of benzene rings is 2. The zero-order chi connectivity index (χ0) is 21.6. The van der Waals surface area contributed by atoms with Gasteiger partial charge in [-0.1, -0.05) is 18.2 Å². The molecule has 1 N–H and O–H groups in total. The van der Waals surface area contributed by atoms with E-state index in [9.17, 15) is 10.1 Å². The van der Waals surface area contributed by atoms with Gasteiger partial charge in [0.05, 0.1) is 23.1 Å². The molecule has 0 fully saturated rings. The predicted octanol–water partition coefficient (Wildman–Crippen LogP) is 3.86. The lowest BCUT2D eigenvalue weighted by molar-refractivity contribution is -0.116. The fourth-order valence-corrected chi connectivity index (χ4v) is 2.99. The quantitative estimate of drug-likeness (QED) is 0.726. The van der Waals surface area contributed by atoms with Gasteiger partial charge < -0.3 is 20.0 Å². The van der Waals surface area contributed by atoms with Crippen molar-refractivity contribution in [2.24, 2.45) is 0 Å². The van der Waals surface area contributed by atoms with Crippen LogP contribution in [-0.4, -0.2) is 41.1 Å². The highest BCUT2D eigenvalue weighted by Gasteiger charge is 2.20.